The summed E-state index contributed by atoms with van der Waals surface area (Å²) in [6.45, 7) is 1.96. The van der Waals surface area contributed by atoms with Crippen LogP contribution in [0.3, 0.4) is 0 Å². The summed E-state index contributed by atoms with van der Waals surface area (Å²) in [4.78, 5) is 9.88. The van der Waals surface area contributed by atoms with Crippen LogP contribution in [-0.2, 0) is 4.74 Å². The third kappa shape index (κ3) is 4.05. The van der Waals surface area contributed by atoms with Gasteiger partial charge in [-0.15, -0.1) is 0 Å². The lowest BCUT2D eigenvalue weighted by Crippen LogP contribution is -2.35. The number of nitrogens with one attached hydrogen (secondary N) is 1. The van der Waals surface area contributed by atoms with Crippen molar-refractivity contribution < 1.29 is 13.5 Å². The minimum absolute atomic E-state index is 0.104. The molecule has 1 aromatic heterocycles. The highest BCUT2D eigenvalue weighted by Gasteiger charge is 2.26. The standard InChI is InChI=1S/C20H20BrF2N3O/c1-26-7-5-14(6-8-26)27-19(12-3-2-4-13(21)9-12)20-24-17-10-15(22)16(23)11-18(17)25-20/h2-4,9-11,14,19H,5-8H2,1H3,(H,24,25). The first-order valence-corrected chi connectivity index (χ1v) is 9.73. The molecule has 4 nitrogen and oxygen atoms in total. The molecule has 2 heterocycles. The van der Waals surface area contributed by atoms with E-state index in [1.165, 1.54) is 0 Å². The summed E-state index contributed by atoms with van der Waals surface area (Å²) in [5, 5.41) is 0. The quantitative estimate of drug-likeness (QED) is 0.639. The van der Waals surface area contributed by atoms with E-state index in [1.807, 2.05) is 24.3 Å². The van der Waals surface area contributed by atoms with E-state index in [-0.39, 0.29) is 6.10 Å². The number of ether oxygens (including phenoxy) is 1. The molecule has 0 amide bonds. The monoisotopic (exact) mass is 435 g/mol. The molecule has 2 aromatic carbocycles. The van der Waals surface area contributed by atoms with Crippen LogP contribution in [0.1, 0.15) is 30.3 Å². The molecule has 0 spiro atoms. The Balaban J connectivity index is 1.71. The lowest BCUT2D eigenvalue weighted by atomic mass is 10.1. The summed E-state index contributed by atoms with van der Waals surface area (Å²) in [6.07, 6.45) is 1.54. The van der Waals surface area contributed by atoms with Crippen LogP contribution in [0.25, 0.3) is 11.0 Å². The van der Waals surface area contributed by atoms with E-state index in [9.17, 15) is 8.78 Å². The van der Waals surface area contributed by atoms with Gasteiger partial charge in [0.25, 0.3) is 0 Å². The predicted molar refractivity (Wildman–Crippen MR) is 104 cm³/mol. The van der Waals surface area contributed by atoms with E-state index in [0.717, 1.165) is 48.1 Å². The van der Waals surface area contributed by atoms with Gasteiger partial charge in [-0.1, -0.05) is 28.1 Å². The number of hydrogen-bond donors (Lipinski definition) is 1. The zero-order valence-corrected chi connectivity index (χ0v) is 16.5. The Bertz CT molecular complexity index is 915. The fraction of sp³-hybridized carbons (Fsp3) is 0.350. The van der Waals surface area contributed by atoms with Crippen molar-refractivity contribution in [3.05, 3.63) is 63.9 Å². The van der Waals surface area contributed by atoms with Gasteiger partial charge in [0.2, 0.25) is 0 Å². The SMILES string of the molecule is CN1CCC(OC(c2cccc(Br)c2)c2nc3cc(F)c(F)cc3[nH]2)CC1. The van der Waals surface area contributed by atoms with Crippen LogP contribution in [0.2, 0.25) is 0 Å². The number of H-pyrrole nitrogens is 1. The molecule has 1 N–H and O–H groups in total. The van der Waals surface area contributed by atoms with Gasteiger partial charge in [-0.25, -0.2) is 13.8 Å². The van der Waals surface area contributed by atoms with Gasteiger partial charge in [-0.3, -0.25) is 0 Å². The molecule has 1 unspecified atom stereocenters. The molecule has 7 heteroatoms. The predicted octanol–water partition coefficient (Wildman–Crippen LogP) is 4.80. The summed E-state index contributed by atoms with van der Waals surface area (Å²) < 4.78 is 34.5. The minimum atomic E-state index is -0.907. The molecule has 142 valence electrons. The van der Waals surface area contributed by atoms with Crippen LogP contribution in [-0.4, -0.2) is 41.1 Å². The average molecular weight is 436 g/mol. The highest BCUT2D eigenvalue weighted by atomic mass is 79.9. The second kappa shape index (κ2) is 7.66. The van der Waals surface area contributed by atoms with Crippen molar-refractivity contribution in [1.29, 1.82) is 0 Å². The number of piperidine rings is 1. The Hall–Kier alpha value is -1.83. The molecular weight excluding hydrogens is 416 g/mol. The van der Waals surface area contributed by atoms with E-state index >= 15 is 0 Å². The molecule has 27 heavy (non-hydrogen) atoms. The summed E-state index contributed by atoms with van der Waals surface area (Å²) in [5.74, 6) is -1.25. The zero-order chi connectivity index (χ0) is 19.0. The van der Waals surface area contributed by atoms with E-state index in [2.05, 4.69) is 37.8 Å². The number of fused-ring (bicyclic) bond motifs is 1. The first kappa shape index (κ1) is 18.5. The molecular formula is C20H20BrF2N3O. The number of halogens is 3. The maximum absolute atomic E-state index is 13.6. The molecule has 0 aliphatic carbocycles. The van der Waals surface area contributed by atoms with Gasteiger partial charge >= 0.3 is 0 Å². The highest BCUT2D eigenvalue weighted by molar-refractivity contribution is 9.10. The number of aromatic nitrogens is 2. The number of hydrogen-bond acceptors (Lipinski definition) is 3. The number of likely N-dealkylation sites (tertiary alicyclic amines) is 1. The summed E-state index contributed by atoms with van der Waals surface area (Å²) >= 11 is 3.50. The van der Waals surface area contributed by atoms with Crippen molar-refractivity contribution in [2.75, 3.05) is 20.1 Å². The van der Waals surface area contributed by atoms with Gasteiger partial charge in [-0.2, -0.15) is 0 Å². The zero-order valence-electron chi connectivity index (χ0n) is 14.9. The average Bonchev–Trinajstić information content (AvgIpc) is 3.04. The van der Waals surface area contributed by atoms with Crippen molar-refractivity contribution in [2.24, 2.45) is 0 Å². The number of nitrogens with zero attached hydrogens (tertiary/aromatic N) is 2. The first-order chi connectivity index (χ1) is 13.0. The lowest BCUT2D eigenvalue weighted by molar-refractivity contribution is -0.0264. The Morgan fingerprint density at radius 2 is 1.93 bits per heavy atom. The minimum Gasteiger partial charge on any atom is -0.362 e. The van der Waals surface area contributed by atoms with Gasteiger partial charge in [0.1, 0.15) is 11.9 Å². The fourth-order valence-electron chi connectivity index (χ4n) is 3.43. The van der Waals surface area contributed by atoms with Crippen molar-refractivity contribution in [3.63, 3.8) is 0 Å². The number of imidazole rings is 1. The van der Waals surface area contributed by atoms with Crippen molar-refractivity contribution in [3.8, 4) is 0 Å². The van der Waals surface area contributed by atoms with Crippen LogP contribution in [0, 0.1) is 11.6 Å². The molecule has 0 saturated carbocycles. The Morgan fingerprint density at radius 3 is 2.67 bits per heavy atom. The van der Waals surface area contributed by atoms with Crippen LogP contribution in [0.15, 0.2) is 40.9 Å². The molecule has 4 rings (SSSR count). The summed E-state index contributed by atoms with van der Waals surface area (Å²) in [7, 11) is 2.10. The molecule has 1 atom stereocenters. The van der Waals surface area contributed by atoms with Crippen LogP contribution in [0.5, 0.6) is 0 Å². The molecule has 0 bridgehead atoms. The molecule has 1 fully saturated rings. The molecule has 3 aromatic rings. The van der Waals surface area contributed by atoms with Crippen molar-refractivity contribution in [2.45, 2.75) is 25.0 Å². The van der Waals surface area contributed by atoms with Crippen LogP contribution in [0.4, 0.5) is 8.78 Å². The second-order valence-corrected chi connectivity index (χ2v) is 7.89. The lowest BCUT2D eigenvalue weighted by Gasteiger charge is -2.31. The highest BCUT2D eigenvalue weighted by Crippen LogP contribution is 2.31. The normalized spacial score (nSPS) is 17.5. The second-order valence-electron chi connectivity index (χ2n) is 6.98. The number of aromatic amines is 1. The molecule has 1 saturated heterocycles. The van der Waals surface area contributed by atoms with E-state index in [1.54, 1.807) is 0 Å². The van der Waals surface area contributed by atoms with E-state index in [4.69, 9.17) is 4.74 Å². The molecule has 1 aliphatic heterocycles. The largest absolute Gasteiger partial charge is 0.362 e. The topological polar surface area (TPSA) is 41.1 Å². The smallest absolute Gasteiger partial charge is 0.161 e. The number of benzene rings is 2. The Labute approximate surface area is 164 Å². The summed E-state index contributed by atoms with van der Waals surface area (Å²) in [6, 6.07) is 10.1. The summed E-state index contributed by atoms with van der Waals surface area (Å²) in [5.41, 5.74) is 1.77. The van der Waals surface area contributed by atoms with Gasteiger partial charge in [0.05, 0.1) is 17.1 Å². The number of rotatable bonds is 4. The Kier molecular flexibility index (Phi) is 5.25. The van der Waals surface area contributed by atoms with Crippen LogP contribution >= 0.6 is 15.9 Å². The van der Waals surface area contributed by atoms with Gasteiger partial charge in [-0.05, 0) is 37.6 Å². The van der Waals surface area contributed by atoms with E-state index in [0.29, 0.717) is 16.9 Å². The van der Waals surface area contributed by atoms with Crippen molar-refractivity contribution in [1.82, 2.24) is 14.9 Å². The van der Waals surface area contributed by atoms with E-state index < -0.39 is 17.7 Å². The first-order valence-electron chi connectivity index (χ1n) is 8.94. The third-order valence-corrected chi connectivity index (χ3v) is 5.43. The van der Waals surface area contributed by atoms with Gasteiger partial charge in [0, 0.05) is 29.7 Å². The maximum atomic E-state index is 13.6. The third-order valence-electron chi connectivity index (χ3n) is 4.94. The van der Waals surface area contributed by atoms with Crippen molar-refractivity contribution >= 4 is 27.0 Å². The molecule has 1 aliphatic rings. The molecule has 0 radical (unpaired) electrons. The Morgan fingerprint density at radius 1 is 1.19 bits per heavy atom. The van der Waals surface area contributed by atoms with Gasteiger partial charge in [0.15, 0.2) is 11.6 Å². The van der Waals surface area contributed by atoms with Gasteiger partial charge < -0.3 is 14.6 Å². The van der Waals surface area contributed by atoms with Crippen LogP contribution < -0.4 is 0 Å². The maximum Gasteiger partial charge on any atom is 0.161 e. The fourth-order valence-corrected chi connectivity index (χ4v) is 3.85.